The molecule has 7 nitrogen and oxygen atoms in total. The van der Waals surface area contributed by atoms with Crippen LogP contribution in [0.3, 0.4) is 0 Å². The highest BCUT2D eigenvalue weighted by molar-refractivity contribution is 7.91. The average molecular weight is 305 g/mol. The first-order chi connectivity index (χ1) is 8.98. The molecule has 0 spiro atoms. The molecule has 106 valence electrons. The smallest absolute Gasteiger partial charge is 0.321 e. The van der Waals surface area contributed by atoms with Crippen LogP contribution in [0.15, 0.2) is 6.20 Å². The van der Waals surface area contributed by atoms with Gasteiger partial charge in [0.15, 0.2) is 10.2 Å². The zero-order chi connectivity index (χ0) is 13.9. The molecule has 1 aromatic heterocycles. The molecule has 1 aromatic rings. The topological polar surface area (TPSA) is 97.4 Å². The lowest BCUT2D eigenvalue weighted by Gasteiger charge is -2.22. The van der Waals surface area contributed by atoms with Gasteiger partial charge in [-0.2, -0.15) is 0 Å². The normalized spacial score (nSPS) is 18.8. The maximum absolute atomic E-state index is 11.7. The molecule has 2 heterocycles. The van der Waals surface area contributed by atoms with Crippen molar-refractivity contribution in [3.05, 3.63) is 6.20 Å². The Morgan fingerprint density at radius 1 is 1.47 bits per heavy atom. The Hall–Kier alpha value is -1.35. The van der Waals surface area contributed by atoms with E-state index in [1.165, 1.54) is 24.6 Å². The molecule has 2 N–H and O–H groups in total. The Bertz CT molecular complexity index is 541. The van der Waals surface area contributed by atoms with Crippen LogP contribution in [-0.4, -0.2) is 44.1 Å². The average Bonchev–Trinajstić information content (AvgIpc) is 2.79. The highest BCUT2D eigenvalue weighted by atomic mass is 32.2. The van der Waals surface area contributed by atoms with Crippen LogP contribution in [0.5, 0.6) is 5.06 Å². The monoisotopic (exact) mass is 305 g/mol. The second-order valence-electron chi connectivity index (χ2n) is 4.21. The lowest BCUT2D eigenvalue weighted by atomic mass is 10.2. The number of nitrogens with zero attached hydrogens (tertiary/aromatic N) is 1. The van der Waals surface area contributed by atoms with Crippen LogP contribution in [0.4, 0.5) is 9.93 Å². The second-order valence-corrected chi connectivity index (χ2v) is 7.51. The second kappa shape index (κ2) is 5.74. The number of methoxy groups -OCH3 is 1. The van der Waals surface area contributed by atoms with Gasteiger partial charge in [0.1, 0.15) is 9.84 Å². The first-order valence-corrected chi connectivity index (χ1v) is 8.40. The molecule has 0 aromatic carbocycles. The molecule has 2 rings (SSSR count). The Labute approximate surface area is 115 Å². The van der Waals surface area contributed by atoms with Crippen molar-refractivity contribution in [2.45, 2.75) is 18.9 Å². The third-order valence-corrected chi connectivity index (χ3v) is 5.39. The van der Waals surface area contributed by atoms with Crippen LogP contribution in [0.25, 0.3) is 0 Å². The fourth-order valence-corrected chi connectivity index (χ4v) is 3.88. The van der Waals surface area contributed by atoms with Gasteiger partial charge in [0.2, 0.25) is 0 Å². The van der Waals surface area contributed by atoms with E-state index in [2.05, 4.69) is 15.6 Å². The summed E-state index contributed by atoms with van der Waals surface area (Å²) >= 11 is 1.22. The van der Waals surface area contributed by atoms with E-state index in [0.717, 1.165) is 0 Å². The van der Waals surface area contributed by atoms with Gasteiger partial charge in [0, 0.05) is 6.04 Å². The molecular formula is C10H15N3O4S2. The lowest BCUT2D eigenvalue weighted by Crippen LogP contribution is -2.42. The quantitative estimate of drug-likeness (QED) is 0.863. The van der Waals surface area contributed by atoms with Crippen molar-refractivity contribution in [2.75, 3.05) is 23.9 Å². The summed E-state index contributed by atoms with van der Waals surface area (Å²) in [5.41, 5.74) is 0. The van der Waals surface area contributed by atoms with Gasteiger partial charge in [-0.1, -0.05) is 11.3 Å². The van der Waals surface area contributed by atoms with Crippen LogP contribution in [0.1, 0.15) is 12.8 Å². The van der Waals surface area contributed by atoms with Crippen molar-refractivity contribution in [1.29, 1.82) is 0 Å². The van der Waals surface area contributed by atoms with Gasteiger partial charge in [-0.15, -0.1) is 0 Å². The summed E-state index contributed by atoms with van der Waals surface area (Å²) in [6, 6.07) is -0.480. The zero-order valence-corrected chi connectivity index (χ0v) is 12.0. The van der Waals surface area contributed by atoms with E-state index in [-0.39, 0.29) is 23.6 Å². The number of carbonyl (C=O) groups is 1. The number of thiazole rings is 1. The van der Waals surface area contributed by atoms with Crippen molar-refractivity contribution in [3.63, 3.8) is 0 Å². The van der Waals surface area contributed by atoms with Gasteiger partial charge in [-0.05, 0) is 12.8 Å². The van der Waals surface area contributed by atoms with E-state index < -0.39 is 9.84 Å². The van der Waals surface area contributed by atoms with Gasteiger partial charge in [-0.3, -0.25) is 5.32 Å². The number of hydrogen-bond acceptors (Lipinski definition) is 6. The Morgan fingerprint density at radius 2 is 2.16 bits per heavy atom. The predicted octanol–water partition coefficient (Wildman–Crippen LogP) is 0.850. The Balaban J connectivity index is 1.81. The van der Waals surface area contributed by atoms with Crippen molar-refractivity contribution in [1.82, 2.24) is 10.3 Å². The molecule has 1 aliphatic rings. The summed E-state index contributed by atoms with van der Waals surface area (Å²) in [6.07, 6.45) is 2.43. The molecule has 2 amide bonds. The first kappa shape index (κ1) is 14.1. The number of hydrogen-bond donors (Lipinski definition) is 2. The number of amides is 2. The summed E-state index contributed by atoms with van der Waals surface area (Å²) in [5, 5.41) is 6.39. The van der Waals surface area contributed by atoms with E-state index in [9.17, 15) is 13.2 Å². The highest BCUT2D eigenvalue weighted by Crippen LogP contribution is 2.24. The predicted molar refractivity (Wildman–Crippen MR) is 72.5 cm³/mol. The minimum atomic E-state index is -2.91. The molecule has 0 unspecified atom stereocenters. The highest BCUT2D eigenvalue weighted by Gasteiger charge is 2.24. The van der Waals surface area contributed by atoms with E-state index in [1.807, 2.05) is 0 Å². The lowest BCUT2D eigenvalue weighted by molar-refractivity contribution is 0.247. The SMILES string of the molecule is COc1cnc(NC(=O)NC2CCS(=O)(=O)CC2)s1. The molecule has 9 heteroatoms. The van der Waals surface area contributed by atoms with Gasteiger partial charge in [-0.25, -0.2) is 18.2 Å². The molecule has 0 saturated carbocycles. The van der Waals surface area contributed by atoms with Crippen LogP contribution in [0, 0.1) is 0 Å². The molecule has 1 saturated heterocycles. The molecule has 0 aliphatic carbocycles. The molecule has 1 fully saturated rings. The number of rotatable bonds is 3. The minimum Gasteiger partial charge on any atom is -0.486 e. The van der Waals surface area contributed by atoms with E-state index >= 15 is 0 Å². The summed E-state index contributed by atoms with van der Waals surface area (Å²) in [4.78, 5) is 15.7. The van der Waals surface area contributed by atoms with Crippen molar-refractivity contribution in [3.8, 4) is 5.06 Å². The number of nitrogens with one attached hydrogen (secondary N) is 2. The molecule has 0 bridgehead atoms. The molecule has 0 radical (unpaired) electrons. The van der Waals surface area contributed by atoms with Crippen LogP contribution < -0.4 is 15.4 Å². The number of sulfone groups is 1. The largest absolute Gasteiger partial charge is 0.486 e. The third kappa shape index (κ3) is 4.06. The van der Waals surface area contributed by atoms with Crippen LogP contribution >= 0.6 is 11.3 Å². The van der Waals surface area contributed by atoms with Crippen molar-refractivity contribution >= 4 is 32.3 Å². The maximum atomic E-state index is 11.7. The van der Waals surface area contributed by atoms with Gasteiger partial charge < -0.3 is 10.1 Å². The Morgan fingerprint density at radius 3 is 2.74 bits per heavy atom. The number of urea groups is 1. The molecule has 19 heavy (non-hydrogen) atoms. The van der Waals surface area contributed by atoms with Gasteiger partial charge in [0.25, 0.3) is 0 Å². The first-order valence-electron chi connectivity index (χ1n) is 5.76. The number of anilines is 1. The summed E-state index contributed by atoms with van der Waals surface area (Å²) in [6.45, 7) is 0. The molecular weight excluding hydrogens is 290 g/mol. The number of aromatic nitrogens is 1. The van der Waals surface area contributed by atoms with Crippen molar-refractivity contribution in [2.24, 2.45) is 0 Å². The van der Waals surface area contributed by atoms with Gasteiger partial charge >= 0.3 is 6.03 Å². The van der Waals surface area contributed by atoms with Crippen LogP contribution in [0.2, 0.25) is 0 Å². The summed E-state index contributed by atoms with van der Waals surface area (Å²) in [7, 11) is -1.38. The minimum absolute atomic E-state index is 0.106. The van der Waals surface area contributed by atoms with Gasteiger partial charge in [0.05, 0.1) is 24.8 Å². The maximum Gasteiger partial charge on any atom is 0.321 e. The summed E-state index contributed by atoms with van der Waals surface area (Å²) in [5.74, 6) is 0.256. The number of carbonyl (C=O) groups excluding carboxylic acids is 1. The van der Waals surface area contributed by atoms with E-state index in [4.69, 9.17) is 4.74 Å². The fraction of sp³-hybridized carbons (Fsp3) is 0.600. The van der Waals surface area contributed by atoms with E-state index in [1.54, 1.807) is 0 Å². The Kier molecular flexibility index (Phi) is 4.25. The number of ether oxygens (including phenoxy) is 1. The van der Waals surface area contributed by atoms with E-state index in [0.29, 0.717) is 23.0 Å². The zero-order valence-electron chi connectivity index (χ0n) is 10.4. The summed E-state index contributed by atoms with van der Waals surface area (Å²) < 4.78 is 27.5. The standard InChI is InChI=1S/C10H15N3O4S2/c1-17-8-6-11-10(18-8)13-9(14)12-7-2-4-19(15,16)5-3-7/h6-7H,2-5H2,1H3,(H2,11,12,13,14). The van der Waals surface area contributed by atoms with Crippen LogP contribution in [-0.2, 0) is 9.84 Å². The third-order valence-electron chi connectivity index (χ3n) is 2.80. The molecule has 1 aliphatic heterocycles. The molecule has 0 atom stereocenters. The fourth-order valence-electron chi connectivity index (χ4n) is 1.76. The van der Waals surface area contributed by atoms with Crippen molar-refractivity contribution < 1.29 is 17.9 Å².